The molecule has 136 valence electrons. The van der Waals surface area contributed by atoms with Crippen LogP contribution in [0.3, 0.4) is 0 Å². The van der Waals surface area contributed by atoms with E-state index in [1.54, 1.807) is 17.5 Å². The third kappa shape index (κ3) is 3.43. The molecule has 0 atom stereocenters. The Labute approximate surface area is 160 Å². The minimum absolute atomic E-state index is 0.00943. The molecule has 9 heteroatoms. The van der Waals surface area contributed by atoms with Crippen molar-refractivity contribution in [2.45, 2.75) is 20.0 Å². The van der Waals surface area contributed by atoms with Crippen LogP contribution in [0.2, 0.25) is 5.02 Å². The van der Waals surface area contributed by atoms with Crippen LogP contribution in [0.25, 0.3) is 5.65 Å². The summed E-state index contributed by atoms with van der Waals surface area (Å²) >= 11 is 9.31. The molecule has 0 radical (unpaired) electrons. The number of anilines is 1. The van der Waals surface area contributed by atoms with Crippen LogP contribution < -0.4 is 5.32 Å². The molecule has 0 spiro atoms. The van der Waals surface area contributed by atoms with Gasteiger partial charge in [0.15, 0.2) is 0 Å². The second kappa shape index (κ2) is 6.59. The maximum absolute atomic E-state index is 12.9. The topological polar surface area (TPSA) is 46.4 Å². The summed E-state index contributed by atoms with van der Waals surface area (Å²) in [6.07, 6.45) is -2.86. The van der Waals surface area contributed by atoms with E-state index in [4.69, 9.17) is 11.6 Å². The summed E-state index contributed by atoms with van der Waals surface area (Å²) in [5, 5.41) is 2.46. The molecule has 1 amide bonds. The van der Waals surface area contributed by atoms with Crippen molar-refractivity contribution in [1.82, 2.24) is 9.38 Å². The normalized spacial score (nSPS) is 11.8. The molecule has 0 bridgehead atoms. The lowest BCUT2D eigenvalue weighted by atomic mass is 10.2. The van der Waals surface area contributed by atoms with Crippen LogP contribution in [-0.2, 0) is 6.18 Å². The number of nitrogens with zero attached hydrogens (tertiary/aromatic N) is 2. The number of pyridine rings is 1. The number of benzene rings is 1. The Balaban J connectivity index is 2.04. The van der Waals surface area contributed by atoms with E-state index < -0.39 is 17.6 Å². The lowest BCUT2D eigenvalue weighted by Crippen LogP contribution is -2.17. The van der Waals surface area contributed by atoms with E-state index in [-0.39, 0.29) is 16.4 Å². The molecule has 4 nitrogen and oxygen atoms in total. The Morgan fingerprint density at radius 1 is 1.27 bits per heavy atom. The number of carbonyl (C=O) groups excluding carboxylic acids is 1. The van der Waals surface area contributed by atoms with Gasteiger partial charge in [-0.2, -0.15) is 13.2 Å². The van der Waals surface area contributed by atoms with Gasteiger partial charge in [0, 0.05) is 10.7 Å². The molecule has 2 aromatic heterocycles. The number of imidazole rings is 1. The Morgan fingerprint density at radius 2 is 1.96 bits per heavy atom. The quantitative estimate of drug-likeness (QED) is 0.554. The van der Waals surface area contributed by atoms with Crippen molar-refractivity contribution in [2.24, 2.45) is 0 Å². The van der Waals surface area contributed by atoms with E-state index in [1.165, 1.54) is 0 Å². The second-order valence-electron chi connectivity index (χ2n) is 5.73. The van der Waals surface area contributed by atoms with Crippen LogP contribution in [0.1, 0.15) is 27.3 Å². The highest BCUT2D eigenvalue weighted by Gasteiger charge is 2.31. The first-order chi connectivity index (χ1) is 12.1. The van der Waals surface area contributed by atoms with Crippen molar-refractivity contribution in [1.29, 1.82) is 0 Å². The number of carbonyl (C=O) groups is 1. The summed E-state index contributed by atoms with van der Waals surface area (Å²) in [6, 6.07) is 4.62. The minimum atomic E-state index is -4.54. The molecule has 0 saturated heterocycles. The fraction of sp³-hybridized carbons (Fsp3) is 0.176. The van der Waals surface area contributed by atoms with Crippen LogP contribution in [0.15, 0.2) is 34.9 Å². The average molecular weight is 447 g/mol. The van der Waals surface area contributed by atoms with Gasteiger partial charge in [-0.1, -0.05) is 11.6 Å². The van der Waals surface area contributed by atoms with Crippen molar-refractivity contribution in [3.8, 4) is 0 Å². The summed E-state index contributed by atoms with van der Waals surface area (Å²) in [7, 11) is 0. The zero-order valence-corrected chi connectivity index (χ0v) is 15.9. The summed E-state index contributed by atoms with van der Waals surface area (Å²) < 4.78 is 41.0. The van der Waals surface area contributed by atoms with Gasteiger partial charge in [0.25, 0.3) is 5.91 Å². The molecule has 0 aliphatic carbocycles. The molecule has 3 rings (SSSR count). The number of aromatic nitrogens is 2. The number of amides is 1. The van der Waals surface area contributed by atoms with E-state index in [0.29, 0.717) is 11.3 Å². The molecule has 0 saturated carbocycles. The lowest BCUT2D eigenvalue weighted by molar-refractivity contribution is -0.137. The summed E-state index contributed by atoms with van der Waals surface area (Å²) in [5.74, 6) is -0.603. The van der Waals surface area contributed by atoms with E-state index in [1.807, 2.05) is 13.0 Å². The molecule has 0 unspecified atom stereocenters. The standard InChI is InChI=1S/C17H12BrClF3N3O/c1-8-5-11(18)7-25-14(9(2)23-15(8)25)16(26)24-13-6-10(17(20,21)22)3-4-12(13)19/h3-7H,1-2H3,(H,24,26). The number of rotatable bonds is 2. The van der Waals surface area contributed by atoms with Crippen molar-refractivity contribution < 1.29 is 18.0 Å². The molecule has 0 aliphatic heterocycles. The number of nitrogens with one attached hydrogen (secondary N) is 1. The Kier molecular flexibility index (Phi) is 4.74. The summed E-state index contributed by atoms with van der Waals surface area (Å²) in [6.45, 7) is 3.50. The average Bonchev–Trinajstić information content (AvgIpc) is 2.84. The third-order valence-corrected chi connectivity index (χ3v) is 4.57. The third-order valence-electron chi connectivity index (χ3n) is 3.80. The predicted molar refractivity (Wildman–Crippen MR) is 96.8 cm³/mol. The molecule has 3 aromatic rings. The number of alkyl halides is 3. The van der Waals surface area contributed by atoms with Gasteiger partial charge in [-0.15, -0.1) is 0 Å². The van der Waals surface area contributed by atoms with Gasteiger partial charge in [0.1, 0.15) is 11.3 Å². The highest BCUT2D eigenvalue weighted by molar-refractivity contribution is 9.10. The van der Waals surface area contributed by atoms with Crippen molar-refractivity contribution >= 4 is 44.8 Å². The van der Waals surface area contributed by atoms with Gasteiger partial charge in [-0.25, -0.2) is 4.98 Å². The van der Waals surface area contributed by atoms with Gasteiger partial charge >= 0.3 is 6.18 Å². The van der Waals surface area contributed by atoms with E-state index in [9.17, 15) is 18.0 Å². The maximum Gasteiger partial charge on any atom is 0.416 e. The maximum atomic E-state index is 12.9. The molecular formula is C17H12BrClF3N3O. The Hall–Kier alpha value is -2.06. The highest BCUT2D eigenvalue weighted by Crippen LogP contribution is 2.34. The summed E-state index contributed by atoms with van der Waals surface area (Å²) in [4.78, 5) is 17.1. The van der Waals surface area contributed by atoms with Crippen LogP contribution in [0.5, 0.6) is 0 Å². The zero-order chi connectivity index (χ0) is 19.2. The fourth-order valence-corrected chi connectivity index (χ4v) is 3.35. The van der Waals surface area contributed by atoms with E-state index >= 15 is 0 Å². The number of aryl methyl sites for hydroxylation is 2. The number of fused-ring (bicyclic) bond motifs is 1. The predicted octanol–water partition coefficient (Wildman–Crippen LogP) is 5.64. The molecule has 0 fully saturated rings. The highest BCUT2D eigenvalue weighted by atomic mass is 79.9. The first kappa shape index (κ1) is 18.7. The fourth-order valence-electron chi connectivity index (χ4n) is 2.63. The first-order valence-corrected chi connectivity index (χ1v) is 8.58. The molecule has 0 aliphatic rings. The van der Waals surface area contributed by atoms with E-state index in [0.717, 1.165) is 28.2 Å². The first-order valence-electron chi connectivity index (χ1n) is 7.41. The smallest absolute Gasteiger partial charge is 0.319 e. The van der Waals surface area contributed by atoms with Crippen molar-refractivity contribution in [3.05, 3.63) is 62.5 Å². The summed E-state index contributed by atoms with van der Waals surface area (Å²) in [5.41, 5.74) is 1.09. The molecule has 26 heavy (non-hydrogen) atoms. The Bertz CT molecular complexity index is 1030. The van der Waals surface area contributed by atoms with Crippen LogP contribution in [-0.4, -0.2) is 15.3 Å². The van der Waals surface area contributed by atoms with Gasteiger partial charge in [0.05, 0.1) is 22.0 Å². The van der Waals surface area contributed by atoms with Gasteiger partial charge in [-0.05, 0) is 59.6 Å². The van der Waals surface area contributed by atoms with Gasteiger partial charge < -0.3 is 5.32 Å². The minimum Gasteiger partial charge on any atom is -0.319 e. The van der Waals surface area contributed by atoms with Gasteiger partial charge in [0.2, 0.25) is 0 Å². The van der Waals surface area contributed by atoms with Crippen LogP contribution in [0.4, 0.5) is 18.9 Å². The molecule has 2 heterocycles. The Morgan fingerprint density at radius 3 is 2.62 bits per heavy atom. The van der Waals surface area contributed by atoms with Crippen LogP contribution in [0, 0.1) is 13.8 Å². The lowest BCUT2D eigenvalue weighted by Gasteiger charge is -2.12. The monoisotopic (exact) mass is 445 g/mol. The SMILES string of the molecule is Cc1nc2c(C)cc(Br)cn2c1C(=O)Nc1cc(C(F)(F)F)ccc1Cl. The van der Waals surface area contributed by atoms with E-state index in [2.05, 4.69) is 26.2 Å². The van der Waals surface area contributed by atoms with Crippen molar-refractivity contribution in [2.75, 3.05) is 5.32 Å². The molecule has 1 aromatic carbocycles. The number of hydrogen-bond acceptors (Lipinski definition) is 2. The molecule has 1 N–H and O–H groups in total. The molecular weight excluding hydrogens is 435 g/mol. The largest absolute Gasteiger partial charge is 0.416 e. The zero-order valence-electron chi connectivity index (χ0n) is 13.6. The number of hydrogen-bond donors (Lipinski definition) is 1. The van der Waals surface area contributed by atoms with Crippen LogP contribution >= 0.6 is 27.5 Å². The van der Waals surface area contributed by atoms with Gasteiger partial charge in [-0.3, -0.25) is 9.20 Å². The van der Waals surface area contributed by atoms with Crippen molar-refractivity contribution in [3.63, 3.8) is 0 Å². The second-order valence-corrected chi connectivity index (χ2v) is 7.05. The number of halogens is 5.